The van der Waals surface area contributed by atoms with Gasteiger partial charge in [-0.05, 0) is 37.6 Å². The summed E-state index contributed by atoms with van der Waals surface area (Å²) in [6.45, 7) is 3.94. The molecule has 104 valence electrons. The van der Waals surface area contributed by atoms with E-state index in [9.17, 15) is 0 Å². The van der Waals surface area contributed by atoms with Gasteiger partial charge in [0.25, 0.3) is 0 Å². The molecule has 0 saturated carbocycles. The number of allylic oxidation sites excluding steroid dienone is 1. The molecule has 0 fully saturated rings. The highest BCUT2D eigenvalue weighted by Gasteiger charge is 2.09. The minimum Gasteiger partial charge on any atom is -0.441 e. The smallest absolute Gasteiger partial charge is 0.226 e. The first-order valence-electron chi connectivity index (χ1n) is 6.51. The van der Waals surface area contributed by atoms with Crippen LogP contribution < -0.4 is 5.32 Å². The molecule has 1 N–H and O–H groups in total. The molecule has 0 bridgehead atoms. The van der Waals surface area contributed by atoms with Crippen molar-refractivity contribution in [3.05, 3.63) is 47.5 Å². The van der Waals surface area contributed by atoms with E-state index in [1.54, 1.807) is 12.1 Å². The second-order valence-corrected chi connectivity index (χ2v) is 4.38. The van der Waals surface area contributed by atoms with E-state index in [1.807, 2.05) is 38.1 Å². The fourth-order valence-corrected chi connectivity index (χ4v) is 1.83. The lowest BCUT2D eigenvalue weighted by Gasteiger charge is -2.01. The van der Waals surface area contributed by atoms with Crippen LogP contribution in [0, 0.1) is 29.6 Å². The summed E-state index contributed by atoms with van der Waals surface area (Å²) in [6.07, 6.45) is 2.21. The van der Waals surface area contributed by atoms with Crippen LogP contribution in [0.3, 0.4) is 0 Å². The van der Waals surface area contributed by atoms with Gasteiger partial charge in [0.2, 0.25) is 5.89 Å². The summed E-state index contributed by atoms with van der Waals surface area (Å²) in [7, 11) is 0. The van der Waals surface area contributed by atoms with Crippen LogP contribution in [0.2, 0.25) is 0 Å². The van der Waals surface area contributed by atoms with Crippen LogP contribution in [0.25, 0.3) is 11.5 Å². The molecule has 0 aliphatic rings. The molecule has 2 rings (SSSR count). The molecule has 0 atom stereocenters. The number of hydrogen-bond acceptors (Lipinski definition) is 5. The lowest BCUT2D eigenvalue weighted by atomic mass is 10.2. The van der Waals surface area contributed by atoms with E-state index >= 15 is 0 Å². The van der Waals surface area contributed by atoms with Crippen molar-refractivity contribution in [3.8, 4) is 23.6 Å². The summed E-state index contributed by atoms with van der Waals surface area (Å²) in [4.78, 5) is 4.44. The number of rotatable bonds is 4. The van der Waals surface area contributed by atoms with Gasteiger partial charge in [-0.3, -0.25) is 0 Å². The van der Waals surface area contributed by atoms with E-state index in [1.165, 1.54) is 6.20 Å². The Morgan fingerprint density at radius 3 is 2.48 bits per heavy atom. The highest BCUT2D eigenvalue weighted by molar-refractivity contribution is 5.60. The van der Waals surface area contributed by atoms with Crippen LogP contribution in [0.1, 0.15) is 18.4 Å². The molecule has 0 aliphatic heterocycles. The highest BCUT2D eigenvalue weighted by atomic mass is 16.4. The first-order chi connectivity index (χ1) is 10.2. The molecule has 5 heteroatoms. The van der Waals surface area contributed by atoms with Crippen molar-refractivity contribution in [2.75, 3.05) is 5.32 Å². The minimum atomic E-state index is 0.0231. The molecular formula is C16H14N4O. The number of nitrogens with zero attached hydrogens (tertiary/aromatic N) is 3. The van der Waals surface area contributed by atoms with E-state index < -0.39 is 0 Å². The Labute approximate surface area is 123 Å². The first kappa shape index (κ1) is 14.4. The number of hydrogen-bond donors (Lipinski definition) is 1. The van der Waals surface area contributed by atoms with Gasteiger partial charge >= 0.3 is 0 Å². The predicted octanol–water partition coefficient (Wildman–Crippen LogP) is 3.56. The monoisotopic (exact) mass is 278 g/mol. The fourth-order valence-electron chi connectivity index (χ4n) is 1.83. The maximum absolute atomic E-state index is 8.65. The number of benzene rings is 1. The summed E-state index contributed by atoms with van der Waals surface area (Å²) in [5, 5.41) is 20.2. The Morgan fingerprint density at radius 2 is 1.95 bits per heavy atom. The molecule has 0 spiro atoms. The zero-order valence-corrected chi connectivity index (χ0v) is 11.8. The highest BCUT2D eigenvalue weighted by Crippen LogP contribution is 2.23. The summed E-state index contributed by atoms with van der Waals surface area (Å²) in [5.74, 6) is 1.44. The Kier molecular flexibility index (Phi) is 4.38. The molecule has 0 radical (unpaired) electrons. The summed E-state index contributed by atoms with van der Waals surface area (Å²) in [5.41, 5.74) is 2.65. The van der Waals surface area contributed by atoms with Gasteiger partial charge in [0.15, 0.2) is 0 Å². The molecule has 0 amide bonds. The number of anilines is 1. The van der Waals surface area contributed by atoms with Gasteiger partial charge in [0, 0.05) is 17.5 Å². The average molecular weight is 278 g/mol. The lowest BCUT2D eigenvalue weighted by Crippen LogP contribution is -1.89. The van der Waals surface area contributed by atoms with Crippen molar-refractivity contribution in [3.63, 3.8) is 0 Å². The molecule has 1 heterocycles. The van der Waals surface area contributed by atoms with Crippen LogP contribution in [-0.2, 0) is 6.42 Å². The lowest BCUT2D eigenvalue weighted by molar-refractivity contribution is 0.540. The Hall–Kier alpha value is -3.05. The minimum absolute atomic E-state index is 0.0231. The van der Waals surface area contributed by atoms with Crippen LogP contribution in [-0.4, -0.2) is 4.98 Å². The normalized spacial score (nSPS) is 9.52. The number of nitrogens with one attached hydrogen (secondary N) is 1. The maximum atomic E-state index is 8.65. The largest absolute Gasteiger partial charge is 0.441 e. The van der Waals surface area contributed by atoms with Gasteiger partial charge < -0.3 is 9.73 Å². The molecule has 1 aromatic carbocycles. The van der Waals surface area contributed by atoms with Crippen molar-refractivity contribution in [1.82, 2.24) is 4.98 Å². The second-order valence-electron chi connectivity index (χ2n) is 4.38. The molecule has 1 aromatic heterocycles. The van der Waals surface area contributed by atoms with Gasteiger partial charge in [-0.25, -0.2) is 4.98 Å². The Balaban J connectivity index is 2.17. The molecule has 21 heavy (non-hydrogen) atoms. The molecule has 0 aliphatic carbocycles. The van der Waals surface area contributed by atoms with Crippen LogP contribution in [0.15, 0.2) is 40.5 Å². The maximum Gasteiger partial charge on any atom is 0.226 e. The Morgan fingerprint density at radius 1 is 1.29 bits per heavy atom. The van der Waals surface area contributed by atoms with Gasteiger partial charge in [-0.2, -0.15) is 10.5 Å². The SMILES string of the molecule is CCc1nc(-c2ccc(NC=C(C#N)C#N)cc2)oc1C. The fraction of sp³-hybridized carbons (Fsp3) is 0.188. The third kappa shape index (κ3) is 3.29. The topological polar surface area (TPSA) is 85.6 Å². The van der Waals surface area contributed by atoms with Crippen molar-refractivity contribution < 1.29 is 4.42 Å². The van der Waals surface area contributed by atoms with Gasteiger partial charge in [-0.15, -0.1) is 0 Å². The first-order valence-corrected chi connectivity index (χ1v) is 6.51. The number of oxazole rings is 1. The van der Waals surface area contributed by atoms with Gasteiger partial charge in [0.05, 0.1) is 5.69 Å². The molecule has 2 aromatic rings. The standard InChI is InChI=1S/C16H14N4O/c1-3-15-11(2)21-16(20-15)13-4-6-14(7-5-13)19-10-12(8-17)9-18/h4-7,10,19H,3H2,1-2H3. The van der Waals surface area contributed by atoms with Crippen molar-refractivity contribution >= 4 is 5.69 Å². The molecule has 5 nitrogen and oxygen atoms in total. The van der Waals surface area contributed by atoms with Crippen LogP contribution >= 0.6 is 0 Å². The zero-order chi connectivity index (χ0) is 15.2. The molecule has 0 unspecified atom stereocenters. The van der Waals surface area contributed by atoms with E-state index in [4.69, 9.17) is 14.9 Å². The van der Waals surface area contributed by atoms with E-state index in [-0.39, 0.29) is 5.57 Å². The van der Waals surface area contributed by atoms with Crippen molar-refractivity contribution in [2.24, 2.45) is 0 Å². The van der Waals surface area contributed by atoms with Gasteiger partial charge in [0.1, 0.15) is 23.5 Å². The van der Waals surface area contributed by atoms with Crippen LogP contribution in [0.4, 0.5) is 5.69 Å². The number of nitriles is 2. The van der Waals surface area contributed by atoms with Crippen LogP contribution in [0.5, 0.6) is 0 Å². The average Bonchev–Trinajstić information content (AvgIpc) is 2.90. The van der Waals surface area contributed by atoms with E-state index in [0.29, 0.717) is 5.89 Å². The summed E-state index contributed by atoms with van der Waals surface area (Å²) < 4.78 is 5.63. The molecular weight excluding hydrogens is 264 g/mol. The third-order valence-electron chi connectivity index (χ3n) is 2.98. The molecule has 0 saturated heterocycles. The number of aryl methyl sites for hydroxylation is 2. The third-order valence-corrected chi connectivity index (χ3v) is 2.98. The van der Waals surface area contributed by atoms with E-state index in [2.05, 4.69) is 10.3 Å². The second kappa shape index (κ2) is 6.40. The summed E-state index contributed by atoms with van der Waals surface area (Å²) >= 11 is 0. The van der Waals surface area contributed by atoms with Crippen molar-refractivity contribution in [1.29, 1.82) is 10.5 Å². The Bertz CT molecular complexity index is 726. The quantitative estimate of drug-likeness (QED) is 0.864. The number of aromatic nitrogens is 1. The van der Waals surface area contributed by atoms with E-state index in [0.717, 1.165) is 29.1 Å². The predicted molar refractivity (Wildman–Crippen MR) is 79.0 cm³/mol. The van der Waals surface area contributed by atoms with Gasteiger partial charge in [-0.1, -0.05) is 6.92 Å². The zero-order valence-electron chi connectivity index (χ0n) is 11.8. The summed E-state index contributed by atoms with van der Waals surface area (Å²) in [6, 6.07) is 11.0. The van der Waals surface area contributed by atoms with Crippen molar-refractivity contribution in [2.45, 2.75) is 20.3 Å².